The van der Waals surface area contributed by atoms with Crippen LogP contribution < -0.4 is 0 Å². The van der Waals surface area contributed by atoms with Crippen LogP contribution in [-0.4, -0.2) is 34.4 Å². The first-order valence-electron chi connectivity index (χ1n) is 4.67. The van der Waals surface area contributed by atoms with E-state index in [0.29, 0.717) is 6.54 Å². The molecule has 16 heavy (non-hydrogen) atoms. The van der Waals surface area contributed by atoms with Crippen LogP contribution in [0.3, 0.4) is 0 Å². The SMILES string of the molecule is CC(C#N)CN(C)C(=O)c1cncc(Cl)n1. The average molecular weight is 239 g/mol. The van der Waals surface area contributed by atoms with Crippen LogP contribution in [0.4, 0.5) is 0 Å². The molecule has 0 aliphatic heterocycles. The normalized spacial score (nSPS) is 11.6. The highest BCUT2D eigenvalue weighted by atomic mass is 35.5. The molecule has 84 valence electrons. The molecule has 1 rings (SSSR count). The van der Waals surface area contributed by atoms with Gasteiger partial charge in [-0.2, -0.15) is 5.26 Å². The molecule has 6 heteroatoms. The topological polar surface area (TPSA) is 69.9 Å². The minimum absolute atomic E-state index is 0.174. The van der Waals surface area contributed by atoms with E-state index in [0.717, 1.165) is 0 Å². The molecule has 0 saturated carbocycles. The molecule has 0 radical (unpaired) electrons. The molecule has 0 saturated heterocycles. The van der Waals surface area contributed by atoms with E-state index in [-0.39, 0.29) is 22.7 Å². The molecule has 1 atom stereocenters. The fourth-order valence-electron chi connectivity index (χ4n) is 1.18. The lowest BCUT2D eigenvalue weighted by atomic mass is 10.2. The van der Waals surface area contributed by atoms with Gasteiger partial charge in [0.1, 0.15) is 10.8 Å². The fraction of sp³-hybridized carbons (Fsp3) is 0.400. The van der Waals surface area contributed by atoms with Crippen molar-refractivity contribution in [1.29, 1.82) is 5.26 Å². The number of rotatable bonds is 3. The van der Waals surface area contributed by atoms with Crippen LogP contribution in [0.25, 0.3) is 0 Å². The highest BCUT2D eigenvalue weighted by Gasteiger charge is 2.15. The summed E-state index contributed by atoms with van der Waals surface area (Å²) in [5.74, 6) is -0.516. The van der Waals surface area contributed by atoms with E-state index in [1.807, 2.05) is 0 Å². The second kappa shape index (κ2) is 5.42. The van der Waals surface area contributed by atoms with Crippen molar-refractivity contribution in [3.8, 4) is 6.07 Å². The van der Waals surface area contributed by atoms with Crippen LogP contribution in [0.15, 0.2) is 12.4 Å². The summed E-state index contributed by atoms with van der Waals surface area (Å²) >= 11 is 5.63. The number of halogens is 1. The Balaban J connectivity index is 2.75. The number of amides is 1. The van der Waals surface area contributed by atoms with Gasteiger partial charge in [0.2, 0.25) is 0 Å². The number of nitriles is 1. The van der Waals surface area contributed by atoms with Crippen molar-refractivity contribution in [1.82, 2.24) is 14.9 Å². The summed E-state index contributed by atoms with van der Waals surface area (Å²) in [4.78, 5) is 20.9. The molecule has 1 unspecified atom stereocenters. The van der Waals surface area contributed by atoms with Gasteiger partial charge in [0.15, 0.2) is 0 Å². The Bertz CT molecular complexity index is 429. The molecule has 0 aromatic carbocycles. The molecule has 1 heterocycles. The van der Waals surface area contributed by atoms with Crippen LogP contribution in [0, 0.1) is 17.2 Å². The second-order valence-corrected chi connectivity index (χ2v) is 3.83. The molecule has 1 amide bonds. The third kappa shape index (κ3) is 3.17. The van der Waals surface area contributed by atoms with Crippen molar-refractivity contribution in [3.05, 3.63) is 23.2 Å². The van der Waals surface area contributed by atoms with E-state index >= 15 is 0 Å². The number of aromatic nitrogens is 2. The van der Waals surface area contributed by atoms with Gasteiger partial charge >= 0.3 is 0 Å². The molecule has 0 bridgehead atoms. The Morgan fingerprint density at radius 1 is 1.69 bits per heavy atom. The van der Waals surface area contributed by atoms with Crippen molar-refractivity contribution in [2.75, 3.05) is 13.6 Å². The highest BCUT2D eigenvalue weighted by molar-refractivity contribution is 6.29. The predicted molar refractivity (Wildman–Crippen MR) is 58.8 cm³/mol. The van der Waals surface area contributed by atoms with Crippen molar-refractivity contribution in [2.45, 2.75) is 6.92 Å². The Labute approximate surface area is 98.7 Å². The fourth-order valence-corrected chi connectivity index (χ4v) is 1.32. The monoisotopic (exact) mass is 238 g/mol. The quantitative estimate of drug-likeness (QED) is 0.797. The zero-order valence-corrected chi connectivity index (χ0v) is 9.77. The van der Waals surface area contributed by atoms with Gasteiger partial charge < -0.3 is 4.90 Å². The number of carbonyl (C=O) groups is 1. The number of carbonyl (C=O) groups excluding carboxylic acids is 1. The predicted octanol–water partition coefficient (Wildman–Crippen LogP) is 1.36. The van der Waals surface area contributed by atoms with Gasteiger partial charge in [-0.05, 0) is 6.92 Å². The van der Waals surface area contributed by atoms with Crippen molar-refractivity contribution in [2.24, 2.45) is 5.92 Å². The zero-order valence-electron chi connectivity index (χ0n) is 9.01. The second-order valence-electron chi connectivity index (χ2n) is 3.44. The Hall–Kier alpha value is -1.67. The van der Waals surface area contributed by atoms with E-state index in [4.69, 9.17) is 16.9 Å². The summed E-state index contributed by atoms with van der Waals surface area (Å²) < 4.78 is 0. The maximum atomic E-state index is 11.8. The summed E-state index contributed by atoms with van der Waals surface area (Å²) in [7, 11) is 1.61. The van der Waals surface area contributed by atoms with Gasteiger partial charge in [0.05, 0.1) is 24.4 Å². The van der Waals surface area contributed by atoms with Crippen LogP contribution in [0.2, 0.25) is 5.15 Å². The molecule has 0 spiro atoms. The van der Waals surface area contributed by atoms with Gasteiger partial charge in [-0.1, -0.05) is 11.6 Å². The van der Waals surface area contributed by atoms with Gasteiger partial charge in [-0.15, -0.1) is 0 Å². The van der Waals surface area contributed by atoms with Crippen LogP contribution in [0.5, 0.6) is 0 Å². The lowest BCUT2D eigenvalue weighted by molar-refractivity contribution is 0.0779. The molecule has 1 aromatic rings. The third-order valence-corrected chi connectivity index (χ3v) is 2.12. The zero-order chi connectivity index (χ0) is 12.1. The van der Waals surface area contributed by atoms with E-state index < -0.39 is 0 Å². The van der Waals surface area contributed by atoms with E-state index in [1.165, 1.54) is 17.3 Å². The van der Waals surface area contributed by atoms with Crippen molar-refractivity contribution >= 4 is 17.5 Å². The minimum Gasteiger partial charge on any atom is -0.339 e. The first kappa shape index (κ1) is 12.4. The van der Waals surface area contributed by atoms with Gasteiger partial charge in [0.25, 0.3) is 5.91 Å². The Kier molecular flexibility index (Phi) is 4.20. The molecule has 0 N–H and O–H groups in total. The molecular formula is C10H11ClN4O. The average Bonchev–Trinajstić information content (AvgIpc) is 2.27. The van der Waals surface area contributed by atoms with E-state index in [1.54, 1.807) is 14.0 Å². The first-order chi connectivity index (χ1) is 7.54. The standard InChI is InChI=1S/C10H11ClN4O/c1-7(3-12)6-15(2)10(16)8-4-13-5-9(11)14-8/h4-5,7H,6H2,1-2H3. The molecule has 1 aromatic heterocycles. The van der Waals surface area contributed by atoms with Crippen molar-refractivity contribution < 1.29 is 4.79 Å². The highest BCUT2D eigenvalue weighted by Crippen LogP contribution is 2.06. The largest absolute Gasteiger partial charge is 0.339 e. The number of hydrogen-bond donors (Lipinski definition) is 0. The Morgan fingerprint density at radius 2 is 2.38 bits per heavy atom. The van der Waals surface area contributed by atoms with E-state index in [9.17, 15) is 4.79 Å². The summed E-state index contributed by atoms with van der Waals surface area (Å²) in [5.41, 5.74) is 0.181. The maximum Gasteiger partial charge on any atom is 0.273 e. The first-order valence-corrected chi connectivity index (χ1v) is 5.05. The lowest BCUT2D eigenvalue weighted by Crippen LogP contribution is -2.31. The summed E-state index contributed by atoms with van der Waals surface area (Å²) in [5, 5.41) is 8.82. The Morgan fingerprint density at radius 3 is 2.94 bits per heavy atom. The van der Waals surface area contributed by atoms with Gasteiger partial charge in [0, 0.05) is 13.6 Å². The smallest absolute Gasteiger partial charge is 0.273 e. The van der Waals surface area contributed by atoms with Gasteiger partial charge in [-0.25, -0.2) is 4.98 Å². The molecule has 5 nitrogen and oxygen atoms in total. The molecule has 0 aliphatic rings. The van der Waals surface area contributed by atoms with Gasteiger partial charge in [-0.3, -0.25) is 9.78 Å². The van der Waals surface area contributed by atoms with Crippen LogP contribution in [-0.2, 0) is 0 Å². The molecule has 0 aliphatic carbocycles. The maximum absolute atomic E-state index is 11.8. The summed E-state index contributed by atoms with van der Waals surface area (Å²) in [6.07, 6.45) is 2.71. The summed E-state index contributed by atoms with van der Waals surface area (Å²) in [6, 6.07) is 2.06. The van der Waals surface area contributed by atoms with Crippen LogP contribution in [0.1, 0.15) is 17.4 Å². The summed E-state index contributed by atoms with van der Waals surface area (Å²) in [6.45, 7) is 2.09. The minimum atomic E-state index is -0.294. The van der Waals surface area contributed by atoms with Crippen molar-refractivity contribution in [3.63, 3.8) is 0 Å². The number of nitrogens with zero attached hydrogens (tertiary/aromatic N) is 4. The lowest BCUT2D eigenvalue weighted by Gasteiger charge is -2.17. The molecule has 0 fully saturated rings. The van der Waals surface area contributed by atoms with Crippen LogP contribution >= 0.6 is 11.6 Å². The van der Waals surface area contributed by atoms with E-state index in [2.05, 4.69) is 16.0 Å². The third-order valence-electron chi connectivity index (χ3n) is 1.94. The molecular weight excluding hydrogens is 228 g/mol. The number of hydrogen-bond acceptors (Lipinski definition) is 4.